The second-order valence-electron chi connectivity index (χ2n) is 8.34. The Kier molecular flexibility index (Phi) is 6.78. The van der Waals surface area contributed by atoms with Gasteiger partial charge < -0.3 is 4.74 Å². The Bertz CT molecular complexity index is 1190. The molecule has 1 saturated heterocycles. The quantitative estimate of drug-likeness (QED) is 0.524. The van der Waals surface area contributed by atoms with E-state index in [9.17, 15) is 8.42 Å². The molecule has 0 bridgehead atoms. The first-order valence-electron chi connectivity index (χ1n) is 11.1. The van der Waals surface area contributed by atoms with Crippen LogP contribution in [0.1, 0.15) is 29.4 Å². The lowest BCUT2D eigenvalue weighted by Gasteiger charge is -2.34. The summed E-state index contributed by atoms with van der Waals surface area (Å²) in [6.45, 7) is 10.9. The van der Waals surface area contributed by atoms with Crippen LogP contribution in [0.2, 0.25) is 0 Å². The lowest BCUT2D eigenvalue weighted by molar-refractivity contribution is 0.177. The SMILES string of the molecule is CCOc1ccc(-n2nnnc2CN2CCN(S(=O)(=O)c3c(C)cc(C)cc3C)CC2)cc1. The Hall–Kier alpha value is -2.82. The predicted molar refractivity (Wildman–Crippen MR) is 125 cm³/mol. The third-order valence-electron chi connectivity index (χ3n) is 5.83. The van der Waals surface area contributed by atoms with Crippen LogP contribution in [0.25, 0.3) is 5.69 Å². The molecule has 10 heteroatoms. The van der Waals surface area contributed by atoms with Gasteiger partial charge in [0, 0.05) is 26.2 Å². The number of hydrogen-bond acceptors (Lipinski definition) is 7. The normalized spacial score (nSPS) is 15.6. The fourth-order valence-corrected chi connectivity index (χ4v) is 6.22. The number of piperazine rings is 1. The number of aryl methyl sites for hydroxylation is 3. The highest BCUT2D eigenvalue weighted by molar-refractivity contribution is 7.89. The number of benzene rings is 2. The maximum Gasteiger partial charge on any atom is 0.243 e. The van der Waals surface area contributed by atoms with E-state index in [-0.39, 0.29) is 0 Å². The molecule has 0 radical (unpaired) electrons. The molecule has 1 aliphatic heterocycles. The molecule has 0 atom stereocenters. The molecule has 0 unspecified atom stereocenters. The molecule has 2 aromatic carbocycles. The van der Waals surface area contributed by atoms with E-state index < -0.39 is 10.0 Å². The van der Waals surface area contributed by atoms with E-state index in [1.807, 2.05) is 64.1 Å². The van der Waals surface area contributed by atoms with E-state index in [0.717, 1.165) is 28.1 Å². The molecule has 0 N–H and O–H groups in total. The van der Waals surface area contributed by atoms with Crippen LogP contribution in [0.5, 0.6) is 5.75 Å². The first kappa shape index (κ1) is 23.3. The van der Waals surface area contributed by atoms with Gasteiger partial charge in [0.05, 0.1) is 23.7 Å². The fraction of sp³-hybridized carbons (Fsp3) is 0.435. The van der Waals surface area contributed by atoms with Gasteiger partial charge >= 0.3 is 0 Å². The standard InChI is InChI=1S/C23H30N6O3S/c1-5-32-21-8-6-20(7-9-21)29-22(24-25-26-29)16-27-10-12-28(13-11-27)33(30,31)23-18(3)14-17(2)15-19(23)4/h6-9,14-15H,5,10-13,16H2,1-4H3. The van der Waals surface area contributed by atoms with Gasteiger partial charge in [-0.3, -0.25) is 4.90 Å². The molecule has 33 heavy (non-hydrogen) atoms. The number of nitrogens with zero attached hydrogens (tertiary/aromatic N) is 6. The van der Waals surface area contributed by atoms with Crippen molar-refractivity contribution in [1.82, 2.24) is 29.4 Å². The molecule has 4 rings (SSSR count). The Labute approximate surface area is 195 Å². The number of aromatic nitrogens is 4. The topological polar surface area (TPSA) is 93.4 Å². The largest absolute Gasteiger partial charge is 0.494 e. The molecule has 0 saturated carbocycles. The van der Waals surface area contributed by atoms with Crippen LogP contribution >= 0.6 is 0 Å². The smallest absolute Gasteiger partial charge is 0.243 e. The number of hydrogen-bond donors (Lipinski definition) is 0. The summed E-state index contributed by atoms with van der Waals surface area (Å²) in [5.74, 6) is 1.51. The number of tetrazole rings is 1. The molecule has 1 aliphatic rings. The summed E-state index contributed by atoms with van der Waals surface area (Å²) in [5, 5.41) is 12.2. The monoisotopic (exact) mass is 470 g/mol. The fourth-order valence-electron chi connectivity index (χ4n) is 4.39. The summed E-state index contributed by atoms with van der Waals surface area (Å²) in [6.07, 6.45) is 0. The summed E-state index contributed by atoms with van der Waals surface area (Å²) in [4.78, 5) is 2.61. The molecule has 3 aromatic rings. The van der Waals surface area contributed by atoms with Crippen molar-refractivity contribution in [3.63, 3.8) is 0 Å². The van der Waals surface area contributed by atoms with Crippen molar-refractivity contribution < 1.29 is 13.2 Å². The van der Waals surface area contributed by atoms with E-state index >= 15 is 0 Å². The highest BCUT2D eigenvalue weighted by Gasteiger charge is 2.31. The van der Waals surface area contributed by atoms with Crippen molar-refractivity contribution in [2.24, 2.45) is 0 Å². The zero-order valence-corrected chi connectivity index (χ0v) is 20.3. The summed E-state index contributed by atoms with van der Waals surface area (Å²) in [7, 11) is -3.54. The number of sulfonamides is 1. The van der Waals surface area contributed by atoms with Crippen molar-refractivity contribution in [3.8, 4) is 11.4 Å². The van der Waals surface area contributed by atoms with Crippen molar-refractivity contribution in [2.75, 3.05) is 32.8 Å². The lowest BCUT2D eigenvalue weighted by atomic mass is 10.1. The third-order valence-corrected chi connectivity index (χ3v) is 8.03. The van der Waals surface area contributed by atoms with Crippen molar-refractivity contribution in [2.45, 2.75) is 39.1 Å². The molecule has 0 aliphatic carbocycles. The molecule has 1 fully saturated rings. The average Bonchev–Trinajstić information content (AvgIpc) is 3.22. The van der Waals surface area contributed by atoms with E-state index in [1.165, 1.54) is 0 Å². The van der Waals surface area contributed by atoms with Gasteiger partial charge in [0.15, 0.2) is 5.82 Å². The maximum atomic E-state index is 13.3. The minimum atomic E-state index is -3.54. The first-order chi connectivity index (χ1) is 15.8. The molecule has 0 spiro atoms. The maximum absolute atomic E-state index is 13.3. The lowest BCUT2D eigenvalue weighted by Crippen LogP contribution is -2.48. The van der Waals surface area contributed by atoms with Gasteiger partial charge in [0.25, 0.3) is 0 Å². The van der Waals surface area contributed by atoms with Gasteiger partial charge in [0.1, 0.15) is 5.75 Å². The molecule has 9 nitrogen and oxygen atoms in total. The predicted octanol–water partition coefficient (Wildman–Crippen LogP) is 2.49. The zero-order chi connectivity index (χ0) is 23.6. The highest BCUT2D eigenvalue weighted by atomic mass is 32.2. The average molecular weight is 471 g/mol. The minimum absolute atomic E-state index is 0.430. The van der Waals surface area contributed by atoms with E-state index in [4.69, 9.17) is 4.74 Å². The molecular formula is C23H30N6O3S. The third kappa shape index (κ3) is 4.92. The molecule has 0 amide bonds. The molecule has 2 heterocycles. The molecular weight excluding hydrogens is 440 g/mol. The van der Waals surface area contributed by atoms with E-state index in [2.05, 4.69) is 20.4 Å². The van der Waals surface area contributed by atoms with Gasteiger partial charge in [-0.1, -0.05) is 17.7 Å². The van der Waals surface area contributed by atoms with Gasteiger partial charge in [-0.15, -0.1) is 5.10 Å². The molecule has 176 valence electrons. The van der Waals surface area contributed by atoms with Crippen LogP contribution in [0.15, 0.2) is 41.3 Å². The second kappa shape index (κ2) is 9.58. The highest BCUT2D eigenvalue weighted by Crippen LogP contribution is 2.26. The van der Waals surface area contributed by atoms with Crippen LogP contribution < -0.4 is 4.74 Å². The number of rotatable bonds is 7. The van der Waals surface area contributed by atoms with Crippen LogP contribution in [-0.4, -0.2) is 70.6 Å². The Balaban J connectivity index is 1.43. The van der Waals surface area contributed by atoms with Crippen molar-refractivity contribution in [3.05, 3.63) is 58.9 Å². The summed E-state index contributed by atoms with van der Waals surface area (Å²) >= 11 is 0. The molecule has 1 aromatic heterocycles. The first-order valence-corrected chi connectivity index (χ1v) is 12.5. The van der Waals surface area contributed by atoms with Crippen molar-refractivity contribution in [1.29, 1.82) is 0 Å². The second-order valence-corrected chi connectivity index (χ2v) is 10.2. The van der Waals surface area contributed by atoms with E-state index in [1.54, 1.807) is 8.99 Å². The Morgan fingerprint density at radius 1 is 0.970 bits per heavy atom. The van der Waals surface area contributed by atoms with Crippen LogP contribution in [0, 0.1) is 20.8 Å². The van der Waals surface area contributed by atoms with Crippen molar-refractivity contribution >= 4 is 10.0 Å². The Morgan fingerprint density at radius 2 is 1.61 bits per heavy atom. The van der Waals surface area contributed by atoms with Gasteiger partial charge in [-0.25, -0.2) is 8.42 Å². The minimum Gasteiger partial charge on any atom is -0.494 e. The van der Waals surface area contributed by atoms with E-state index in [0.29, 0.717) is 50.1 Å². The Morgan fingerprint density at radius 3 is 2.21 bits per heavy atom. The summed E-state index contributed by atoms with van der Waals surface area (Å²) in [6, 6.07) is 11.5. The van der Waals surface area contributed by atoms with Crippen LogP contribution in [0.3, 0.4) is 0 Å². The van der Waals surface area contributed by atoms with Gasteiger partial charge in [-0.05, 0) is 73.5 Å². The number of ether oxygens (including phenoxy) is 1. The van der Waals surface area contributed by atoms with Gasteiger partial charge in [-0.2, -0.15) is 8.99 Å². The summed E-state index contributed by atoms with van der Waals surface area (Å²) in [5.41, 5.74) is 3.51. The van der Waals surface area contributed by atoms with Crippen LogP contribution in [-0.2, 0) is 16.6 Å². The van der Waals surface area contributed by atoms with Gasteiger partial charge in [0.2, 0.25) is 10.0 Å². The zero-order valence-electron chi connectivity index (χ0n) is 19.5. The van der Waals surface area contributed by atoms with Crippen LogP contribution in [0.4, 0.5) is 0 Å². The summed E-state index contributed by atoms with van der Waals surface area (Å²) < 4.78 is 35.5.